The largest absolute Gasteiger partial charge is 0.434 e. The maximum absolute atomic E-state index is 15.6. The zero-order chi connectivity index (χ0) is 29.0. The SMILES string of the molecule is CC.CC.CC.CCC12OC(=O)c3cccc[n+]3[C@]1(C)[n+]1ccn(-c3ccccc3)c1-c1c(F)cc(F)cc12. The molecule has 39 heavy (non-hydrogen) atoms. The Balaban J connectivity index is 0.000000657. The first-order valence-corrected chi connectivity index (χ1v) is 13.9. The summed E-state index contributed by atoms with van der Waals surface area (Å²) in [4.78, 5) is 13.1. The molecule has 4 heterocycles. The van der Waals surface area contributed by atoms with Crippen LogP contribution in [0.5, 0.6) is 0 Å². The average molecular weight is 536 g/mol. The molecular formula is C32H39F2N3O2+2. The Morgan fingerprint density at radius 2 is 1.51 bits per heavy atom. The number of nitrogens with zero attached hydrogens (tertiary/aromatic N) is 3. The molecule has 7 heteroatoms. The quantitative estimate of drug-likeness (QED) is 0.203. The molecule has 0 N–H and O–H groups in total. The molecule has 5 nitrogen and oxygen atoms in total. The highest BCUT2D eigenvalue weighted by Gasteiger charge is 2.72. The second-order valence-corrected chi connectivity index (χ2v) is 8.55. The van der Waals surface area contributed by atoms with E-state index in [1.807, 2.05) is 124 Å². The summed E-state index contributed by atoms with van der Waals surface area (Å²) in [5, 5.41) is 0. The number of carbonyl (C=O) groups excluding carboxylic acids is 1. The van der Waals surface area contributed by atoms with E-state index < -0.39 is 28.9 Å². The van der Waals surface area contributed by atoms with Gasteiger partial charge in [-0.2, -0.15) is 9.13 Å². The maximum atomic E-state index is 15.6. The van der Waals surface area contributed by atoms with E-state index in [1.165, 1.54) is 6.07 Å². The number of carbonyl (C=O) groups is 1. The number of hydrogen-bond donors (Lipinski definition) is 0. The molecule has 2 atom stereocenters. The molecule has 0 bridgehead atoms. The van der Waals surface area contributed by atoms with Gasteiger partial charge in [-0.05, 0) is 24.3 Å². The second-order valence-electron chi connectivity index (χ2n) is 8.55. The molecule has 4 aromatic rings. The lowest BCUT2D eigenvalue weighted by molar-refractivity contribution is -1.01. The van der Waals surface area contributed by atoms with Crippen LogP contribution in [0.2, 0.25) is 0 Å². The summed E-state index contributed by atoms with van der Waals surface area (Å²) in [5.74, 6) is -1.41. The number of pyridine rings is 1. The lowest BCUT2D eigenvalue weighted by atomic mass is 9.73. The Labute approximate surface area is 230 Å². The molecule has 2 aliphatic heterocycles. The zero-order valence-corrected chi connectivity index (χ0v) is 24.1. The lowest BCUT2D eigenvalue weighted by Crippen LogP contribution is -2.85. The molecule has 0 saturated carbocycles. The molecule has 0 radical (unpaired) electrons. The second kappa shape index (κ2) is 11.9. The van der Waals surface area contributed by atoms with Gasteiger partial charge >= 0.3 is 17.5 Å². The lowest BCUT2D eigenvalue weighted by Gasteiger charge is -2.46. The highest BCUT2D eigenvalue weighted by Crippen LogP contribution is 2.51. The number of para-hydroxylation sites is 1. The first-order chi connectivity index (χ1) is 18.9. The summed E-state index contributed by atoms with van der Waals surface area (Å²) in [6.45, 7) is 15.8. The van der Waals surface area contributed by atoms with Gasteiger partial charge in [-0.1, -0.05) is 66.7 Å². The van der Waals surface area contributed by atoms with E-state index in [9.17, 15) is 9.18 Å². The summed E-state index contributed by atoms with van der Waals surface area (Å²) >= 11 is 0. The first-order valence-electron chi connectivity index (χ1n) is 13.9. The monoisotopic (exact) mass is 535 g/mol. The van der Waals surface area contributed by atoms with Gasteiger partial charge in [0.1, 0.15) is 35.3 Å². The number of aromatic nitrogens is 3. The van der Waals surface area contributed by atoms with Gasteiger partial charge in [0, 0.05) is 37.1 Å². The molecule has 0 spiro atoms. The van der Waals surface area contributed by atoms with Gasteiger partial charge < -0.3 is 4.74 Å². The Morgan fingerprint density at radius 3 is 2.15 bits per heavy atom. The number of fused-ring (bicyclic) bond motifs is 8. The predicted octanol–water partition coefficient (Wildman–Crippen LogP) is 7.09. The van der Waals surface area contributed by atoms with E-state index in [4.69, 9.17) is 4.74 Å². The van der Waals surface area contributed by atoms with Crippen molar-refractivity contribution in [3.8, 4) is 17.1 Å². The van der Waals surface area contributed by atoms with Crippen LogP contribution in [0.3, 0.4) is 0 Å². The number of rotatable bonds is 2. The summed E-state index contributed by atoms with van der Waals surface area (Å²) < 4.78 is 42.0. The molecule has 0 saturated heterocycles. The molecule has 0 fully saturated rings. The Bertz CT molecular complexity index is 1450. The standard InChI is InChI=1S/C26H21F2N3O2.3C2H6/c1-3-26-19-15-17(27)16-20(28)22(19)23-29(18-9-5-4-6-10-18)13-14-31(23)25(26,2)30-12-8-7-11-21(30)24(32)33-26;3*1-2/h4-16H,3H2,1-2H3;3*1-2H3/q+2;;;/t25-,26?;;;/m1.../s1. The zero-order valence-electron chi connectivity index (χ0n) is 24.1. The fraction of sp³-hybridized carbons (Fsp3) is 0.344. The van der Waals surface area contributed by atoms with E-state index in [2.05, 4.69) is 0 Å². The molecule has 2 aliphatic rings. The van der Waals surface area contributed by atoms with Crippen LogP contribution in [0, 0.1) is 11.6 Å². The van der Waals surface area contributed by atoms with Crippen molar-refractivity contribution in [2.24, 2.45) is 0 Å². The van der Waals surface area contributed by atoms with Crippen molar-refractivity contribution in [1.82, 2.24) is 4.57 Å². The van der Waals surface area contributed by atoms with Crippen molar-refractivity contribution >= 4 is 5.97 Å². The van der Waals surface area contributed by atoms with Gasteiger partial charge in [-0.15, -0.1) is 4.57 Å². The Hall–Kier alpha value is -3.87. The van der Waals surface area contributed by atoms with Crippen molar-refractivity contribution in [2.75, 3.05) is 0 Å². The number of imidazole rings is 1. The van der Waals surface area contributed by atoms with Gasteiger partial charge in [0.05, 0.1) is 0 Å². The van der Waals surface area contributed by atoms with E-state index >= 15 is 4.39 Å². The van der Waals surface area contributed by atoms with Crippen LogP contribution in [0.25, 0.3) is 17.1 Å². The molecule has 0 aliphatic carbocycles. The normalized spacial score (nSPS) is 19.6. The summed E-state index contributed by atoms with van der Waals surface area (Å²) in [6.07, 6.45) is 5.85. The number of hydrogen-bond acceptors (Lipinski definition) is 2. The van der Waals surface area contributed by atoms with Crippen LogP contribution >= 0.6 is 0 Å². The maximum Gasteiger partial charge on any atom is 0.405 e. The van der Waals surface area contributed by atoms with Crippen LogP contribution in [-0.2, 0) is 16.0 Å². The Morgan fingerprint density at radius 1 is 0.872 bits per heavy atom. The van der Waals surface area contributed by atoms with Crippen molar-refractivity contribution < 1.29 is 27.4 Å². The summed E-state index contributed by atoms with van der Waals surface area (Å²) in [6, 6.07) is 17.0. The van der Waals surface area contributed by atoms with E-state index in [1.54, 1.807) is 12.1 Å². The van der Waals surface area contributed by atoms with Crippen molar-refractivity contribution in [1.29, 1.82) is 0 Å². The molecule has 206 valence electrons. The van der Waals surface area contributed by atoms with Gasteiger partial charge in [-0.3, -0.25) is 0 Å². The molecule has 2 aromatic carbocycles. The number of esters is 1. The summed E-state index contributed by atoms with van der Waals surface area (Å²) in [5.41, 5.74) is -0.611. The number of benzene rings is 2. The minimum atomic E-state index is -1.33. The molecule has 6 rings (SSSR count). The third-order valence-corrected chi connectivity index (χ3v) is 7.11. The topological polar surface area (TPSA) is 39.0 Å². The van der Waals surface area contributed by atoms with Gasteiger partial charge in [-0.25, -0.2) is 13.6 Å². The fourth-order valence-electron chi connectivity index (χ4n) is 5.61. The third-order valence-electron chi connectivity index (χ3n) is 7.11. The smallest absolute Gasteiger partial charge is 0.405 e. The first kappa shape index (κ1) is 29.7. The van der Waals surface area contributed by atoms with Crippen LogP contribution in [0.15, 0.2) is 79.3 Å². The minimum absolute atomic E-state index is 0.220. The van der Waals surface area contributed by atoms with Crippen LogP contribution < -0.4 is 9.13 Å². The van der Waals surface area contributed by atoms with Crippen LogP contribution in [0.4, 0.5) is 8.78 Å². The predicted molar refractivity (Wildman–Crippen MR) is 148 cm³/mol. The van der Waals surface area contributed by atoms with Crippen molar-refractivity contribution in [2.45, 2.75) is 73.1 Å². The number of ether oxygens (including phenoxy) is 1. The van der Waals surface area contributed by atoms with Crippen LogP contribution in [-0.4, -0.2) is 10.5 Å². The van der Waals surface area contributed by atoms with E-state index in [0.717, 1.165) is 11.8 Å². The molecule has 2 aromatic heterocycles. The highest BCUT2D eigenvalue weighted by molar-refractivity contribution is 5.87. The number of halogens is 2. The van der Waals surface area contributed by atoms with Crippen molar-refractivity contribution in [3.63, 3.8) is 0 Å². The Kier molecular flexibility index (Phi) is 9.05. The summed E-state index contributed by atoms with van der Waals surface area (Å²) in [7, 11) is 0. The van der Waals surface area contributed by atoms with Gasteiger partial charge in [0.25, 0.3) is 5.69 Å². The highest BCUT2D eigenvalue weighted by atomic mass is 19.1. The minimum Gasteiger partial charge on any atom is -0.434 e. The average Bonchev–Trinajstić information content (AvgIpc) is 3.44. The van der Waals surface area contributed by atoms with Gasteiger partial charge in [0.2, 0.25) is 5.60 Å². The fourth-order valence-corrected chi connectivity index (χ4v) is 5.61. The van der Waals surface area contributed by atoms with Gasteiger partial charge in [0.15, 0.2) is 6.20 Å². The van der Waals surface area contributed by atoms with Crippen molar-refractivity contribution in [3.05, 3.63) is 102 Å². The molecule has 0 amide bonds. The molecule has 1 unspecified atom stereocenters. The third kappa shape index (κ3) is 4.24. The van der Waals surface area contributed by atoms with E-state index in [-0.39, 0.29) is 5.56 Å². The van der Waals surface area contributed by atoms with Crippen LogP contribution in [0.1, 0.15) is 77.9 Å². The molecular weight excluding hydrogens is 496 g/mol. The van der Waals surface area contributed by atoms with E-state index in [0.29, 0.717) is 23.5 Å².